The van der Waals surface area contributed by atoms with Crippen LogP contribution in [0.4, 0.5) is 0 Å². The molecule has 2 aliphatic rings. The van der Waals surface area contributed by atoms with Crippen molar-refractivity contribution < 1.29 is 9.42 Å². The van der Waals surface area contributed by atoms with E-state index in [1.165, 1.54) is 0 Å². The molecule has 1 atom stereocenters. The largest absolute Gasteiger partial charge is 0.345 e. The van der Waals surface area contributed by atoms with Crippen molar-refractivity contribution in [3.63, 3.8) is 0 Å². The van der Waals surface area contributed by atoms with E-state index in [-0.39, 0.29) is 17.2 Å². The molecule has 3 aromatic rings. The Bertz CT molecular complexity index is 1010. The van der Waals surface area contributed by atoms with Gasteiger partial charge in [-0.2, -0.15) is 0 Å². The van der Waals surface area contributed by atoms with Gasteiger partial charge in [-0.1, -0.05) is 42.5 Å². The smallest absolute Gasteiger partial charge is 0.229 e. The van der Waals surface area contributed by atoms with Crippen molar-refractivity contribution in [3.8, 4) is 0 Å². The number of aromatic nitrogens is 2. The SMILES string of the molecule is CN1CC2(CCN(Cc3cccc4nonc34)CC2)C[C@@H](c2ccccc2)C1=O. The number of piperidine rings is 2. The summed E-state index contributed by atoms with van der Waals surface area (Å²) < 4.78 is 4.90. The minimum Gasteiger partial charge on any atom is -0.345 e. The van der Waals surface area contributed by atoms with Crippen molar-refractivity contribution in [2.75, 3.05) is 26.7 Å². The van der Waals surface area contributed by atoms with E-state index in [0.717, 1.165) is 67.6 Å². The van der Waals surface area contributed by atoms with Gasteiger partial charge in [-0.25, -0.2) is 4.63 Å². The first-order chi connectivity index (χ1) is 14.1. The molecule has 6 nitrogen and oxygen atoms in total. The summed E-state index contributed by atoms with van der Waals surface area (Å²) in [5.74, 6) is 0.242. The predicted octanol–water partition coefficient (Wildman–Crippen LogP) is 3.45. The molecule has 2 aliphatic heterocycles. The average Bonchev–Trinajstić information content (AvgIpc) is 3.23. The molecule has 6 heteroatoms. The minimum atomic E-state index is -0.0172. The summed E-state index contributed by atoms with van der Waals surface area (Å²) >= 11 is 0. The summed E-state index contributed by atoms with van der Waals surface area (Å²) in [7, 11) is 1.96. The lowest BCUT2D eigenvalue weighted by atomic mass is 9.67. The van der Waals surface area contributed by atoms with Crippen LogP contribution in [0.3, 0.4) is 0 Å². The molecular formula is C23H26N4O2. The lowest BCUT2D eigenvalue weighted by molar-refractivity contribution is -0.139. The van der Waals surface area contributed by atoms with E-state index in [1.807, 2.05) is 42.3 Å². The van der Waals surface area contributed by atoms with Crippen LogP contribution < -0.4 is 0 Å². The Kier molecular flexibility index (Phi) is 4.59. The third-order valence-corrected chi connectivity index (χ3v) is 6.77. The van der Waals surface area contributed by atoms with E-state index in [0.29, 0.717) is 0 Å². The Balaban J connectivity index is 1.30. The van der Waals surface area contributed by atoms with Crippen LogP contribution in [-0.2, 0) is 11.3 Å². The topological polar surface area (TPSA) is 62.5 Å². The first-order valence-electron chi connectivity index (χ1n) is 10.4. The maximum absolute atomic E-state index is 12.8. The zero-order valence-electron chi connectivity index (χ0n) is 16.8. The van der Waals surface area contributed by atoms with Gasteiger partial charge in [0.05, 0.1) is 5.92 Å². The molecule has 1 aromatic heterocycles. The van der Waals surface area contributed by atoms with E-state index in [9.17, 15) is 4.79 Å². The molecule has 2 saturated heterocycles. The number of amides is 1. The van der Waals surface area contributed by atoms with Crippen molar-refractivity contribution >= 4 is 16.9 Å². The number of carbonyl (C=O) groups excluding carboxylic acids is 1. The van der Waals surface area contributed by atoms with Gasteiger partial charge < -0.3 is 4.90 Å². The van der Waals surface area contributed by atoms with Gasteiger partial charge in [0.1, 0.15) is 11.0 Å². The highest BCUT2D eigenvalue weighted by atomic mass is 16.6. The predicted molar refractivity (Wildman–Crippen MR) is 110 cm³/mol. The quantitative estimate of drug-likeness (QED) is 0.685. The summed E-state index contributed by atoms with van der Waals surface area (Å²) in [6.07, 6.45) is 3.18. The van der Waals surface area contributed by atoms with Gasteiger partial charge in [0, 0.05) is 20.1 Å². The molecule has 1 amide bonds. The summed E-state index contributed by atoms with van der Waals surface area (Å²) in [6, 6.07) is 16.3. The Morgan fingerprint density at radius 2 is 1.86 bits per heavy atom. The molecule has 0 radical (unpaired) electrons. The van der Waals surface area contributed by atoms with Crippen molar-refractivity contribution in [3.05, 3.63) is 59.7 Å². The molecule has 2 fully saturated rings. The van der Waals surface area contributed by atoms with Gasteiger partial charge in [-0.3, -0.25) is 9.69 Å². The molecule has 2 aromatic carbocycles. The van der Waals surface area contributed by atoms with Crippen LogP contribution in [0.2, 0.25) is 0 Å². The van der Waals surface area contributed by atoms with E-state index in [1.54, 1.807) is 0 Å². The standard InChI is InChI=1S/C23H26N4O2/c1-26-16-23(14-19(22(26)28)17-6-3-2-4-7-17)10-12-27(13-11-23)15-18-8-5-9-20-21(18)25-29-24-20/h2-9,19H,10-16H2,1H3/t19-/m0/s1. The molecular weight excluding hydrogens is 364 g/mol. The zero-order chi connectivity index (χ0) is 19.8. The third kappa shape index (κ3) is 3.42. The fourth-order valence-corrected chi connectivity index (χ4v) is 5.16. The monoisotopic (exact) mass is 390 g/mol. The second-order valence-electron chi connectivity index (χ2n) is 8.69. The Labute approximate surface area is 170 Å². The number of hydrogen-bond acceptors (Lipinski definition) is 5. The lowest BCUT2D eigenvalue weighted by Gasteiger charge is -2.49. The highest BCUT2D eigenvalue weighted by Gasteiger charge is 2.45. The molecule has 0 saturated carbocycles. The number of benzene rings is 2. The van der Waals surface area contributed by atoms with Gasteiger partial charge in [0.15, 0.2) is 0 Å². The van der Waals surface area contributed by atoms with Gasteiger partial charge in [-0.15, -0.1) is 0 Å². The Morgan fingerprint density at radius 1 is 1.07 bits per heavy atom. The molecule has 3 heterocycles. The first kappa shape index (κ1) is 18.3. The molecule has 5 rings (SSSR count). The lowest BCUT2D eigenvalue weighted by Crippen LogP contribution is -2.52. The number of hydrogen-bond donors (Lipinski definition) is 0. The molecule has 0 unspecified atom stereocenters. The molecule has 29 heavy (non-hydrogen) atoms. The van der Waals surface area contributed by atoms with Crippen LogP contribution in [-0.4, -0.2) is 52.7 Å². The third-order valence-electron chi connectivity index (χ3n) is 6.77. The van der Waals surface area contributed by atoms with Crippen LogP contribution in [0.5, 0.6) is 0 Å². The van der Waals surface area contributed by atoms with E-state index in [4.69, 9.17) is 4.63 Å². The van der Waals surface area contributed by atoms with Crippen LogP contribution in [0.15, 0.2) is 53.2 Å². The van der Waals surface area contributed by atoms with Gasteiger partial charge in [0.2, 0.25) is 5.91 Å². The molecule has 0 bridgehead atoms. The Hall–Kier alpha value is -2.73. The van der Waals surface area contributed by atoms with Crippen LogP contribution in [0, 0.1) is 5.41 Å². The Morgan fingerprint density at radius 3 is 2.66 bits per heavy atom. The van der Waals surface area contributed by atoms with Crippen molar-refractivity contribution in [1.29, 1.82) is 0 Å². The normalized spacial score (nSPS) is 22.4. The number of nitrogens with zero attached hydrogens (tertiary/aromatic N) is 4. The van der Waals surface area contributed by atoms with Crippen LogP contribution in [0.1, 0.15) is 36.3 Å². The number of likely N-dealkylation sites (N-methyl/N-ethyl adjacent to an activating group) is 1. The summed E-state index contributed by atoms with van der Waals surface area (Å²) in [4.78, 5) is 17.3. The molecule has 1 spiro atoms. The minimum absolute atomic E-state index is 0.0172. The van der Waals surface area contributed by atoms with E-state index >= 15 is 0 Å². The fraction of sp³-hybridized carbons (Fsp3) is 0.435. The highest BCUT2D eigenvalue weighted by molar-refractivity contribution is 5.84. The maximum atomic E-state index is 12.8. The summed E-state index contributed by atoms with van der Waals surface area (Å²) in [5.41, 5.74) is 4.20. The van der Waals surface area contributed by atoms with Crippen molar-refractivity contribution in [1.82, 2.24) is 20.1 Å². The first-order valence-corrected chi connectivity index (χ1v) is 10.4. The number of fused-ring (bicyclic) bond motifs is 1. The maximum Gasteiger partial charge on any atom is 0.229 e. The van der Waals surface area contributed by atoms with E-state index < -0.39 is 0 Å². The van der Waals surface area contributed by atoms with Gasteiger partial charge >= 0.3 is 0 Å². The zero-order valence-corrected chi connectivity index (χ0v) is 16.8. The fourth-order valence-electron chi connectivity index (χ4n) is 5.16. The second kappa shape index (κ2) is 7.26. The number of likely N-dealkylation sites (tertiary alicyclic amines) is 2. The van der Waals surface area contributed by atoms with Crippen LogP contribution >= 0.6 is 0 Å². The van der Waals surface area contributed by atoms with E-state index in [2.05, 4.69) is 33.4 Å². The van der Waals surface area contributed by atoms with Crippen molar-refractivity contribution in [2.24, 2.45) is 5.41 Å². The van der Waals surface area contributed by atoms with Gasteiger partial charge in [-0.05, 0) is 65.3 Å². The van der Waals surface area contributed by atoms with Crippen LogP contribution in [0.25, 0.3) is 11.0 Å². The molecule has 0 aliphatic carbocycles. The number of carbonyl (C=O) groups is 1. The molecule has 150 valence electrons. The summed E-state index contributed by atoms with van der Waals surface area (Å²) in [6.45, 7) is 3.79. The second-order valence-corrected chi connectivity index (χ2v) is 8.69. The highest BCUT2D eigenvalue weighted by Crippen LogP contribution is 2.45. The van der Waals surface area contributed by atoms with Crippen molar-refractivity contribution in [2.45, 2.75) is 31.7 Å². The number of rotatable bonds is 3. The summed E-state index contributed by atoms with van der Waals surface area (Å²) in [5, 5.41) is 8.02. The molecule has 0 N–H and O–H groups in total. The van der Waals surface area contributed by atoms with Gasteiger partial charge in [0.25, 0.3) is 0 Å². The average molecular weight is 390 g/mol.